The summed E-state index contributed by atoms with van der Waals surface area (Å²) in [6.45, 7) is 7.46. The molecule has 1 aromatic carbocycles. The number of nitrogens with one attached hydrogen (secondary N) is 2. The minimum atomic E-state index is 0.153. The lowest BCUT2D eigenvalue weighted by Crippen LogP contribution is -2.24. The van der Waals surface area contributed by atoms with Crippen LogP contribution in [0.1, 0.15) is 56.4 Å². The molecule has 1 heterocycles. The molecule has 0 saturated carbocycles. The number of allylic oxidation sites excluding steroid dienone is 2. The average Bonchev–Trinajstić information content (AvgIpc) is 3.07. The number of aromatic amines is 1. The summed E-state index contributed by atoms with van der Waals surface area (Å²) in [5.41, 5.74) is 4.87. The predicted molar refractivity (Wildman–Crippen MR) is 101 cm³/mol. The minimum absolute atomic E-state index is 0.153. The van der Waals surface area contributed by atoms with E-state index in [1.807, 2.05) is 6.20 Å². The quantitative estimate of drug-likeness (QED) is 0.871. The molecule has 1 unspecified atom stereocenters. The lowest BCUT2D eigenvalue weighted by molar-refractivity contribution is -0.115. The third kappa shape index (κ3) is 4.59. The van der Waals surface area contributed by atoms with Crippen molar-refractivity contribution in [2.24, 2.45) is 0 Å². The molecule has 1 atom stereocenters. The van der Waals surface area contributed by atoms with Gasteiger partial charge >= 0.3 is 0 Å². The molecule has 0 spiro atoms. The average molecular weight is 337 g/mol. The Morgan fingerprint density at radius 3 is 2.60 bits per heavy atom. The maximum absolute atomic E-state index is 12.1. The van der Waals surface area contributed by atoms with Crippen molar-refractivity contribution in [1.82, 2.24) is 15.3 Å². The number of benzene rings is 1. The number of rotatable bonds is 5. The summed E-state index contributed by atoms with van der Waals surface area (Å²) < 4.78 is 0. The highest BCUT2D eigenvalue weighted by molar-refractivity contribution is 5.91. The SMILES string of the molecule is CC(C)(C)c1ccc(C2CC(=O)C=C(NCCc3cnc[nH]3)C2)cc1. The molecule has 0 aliphatic heterocycles. The van der Waals surface area contributed by atoms with Crippen LogP contribution in [0.3, 0.4) is 0 Å². The molecule has 3 rings (SSSR count). The molecule has 1 aromatic heterocycles. The highest BCUT2D eigenvalue weighted by atomic mass is 16.1. The molecular weight excluding hydrogens is 310 g/mol. The van der Waals surface area contributed by atoms with E-state index in [0.29, 0.717) is 6.42 Å². The lowest BCUT2D eigenvalue weighted by Gasteiger charge is -2.25. The summed E-state index contributed by atoms with van der Waals surface area (Å²) >= 11 is 0. The number of nitrogens with zero attached hydrogens (tertiary/aromatic N) is 1. The van der Waals surface area contributed by atoms with Crippen molar-refractivity contribution in [1.29, 1.82) is 0 Å². The van der Waals surface area contributed by atoms with Gasteiger partial charge < -0.3 is 10.3 Å². The first kappa shape index (κ1) is 17.5. The largest absolute Gasteiger partial charge is 0.388 e. The third-order valence-electron chi connectivity index (χ3n) is 4.80. The second-order valence-corrected chi connectivity index (χ2v) is 7.87. The van der Waals surface area contributed by atoms with Gasteiger partial charge in [0.15, 0.2) is 5.78 Å². The van der Waals surface area contributed by atoms with Crippen LogP contribution in [0, 0.1) is 0 Å². The summed E-state index contributed by atoms with van der Waals surface area (Å²) in [6.07, 6.45) is 7.66. The summed E-state index contributed by atoms with van der Waals surface area (Å²) in [5, 5.41) is 3.42. The molecule has 0 amide bonds. The van der Waals surface area contributed by atoms with E-state index in [2.05, 4.69) is 60.3 Å². The summed E-state index contributed by atoms with van der Waals surface area (Å²) in [7, 11) is 0. The Kier molecular flexibility index (Phi) is 5.07. The number of ketones is 1. The Labute approximate surface area is 149 Å². The molecule has 4 heteroatoms. The minimum Gasteiger partial charge on any atom is -0.388 e. The maximum Gasteiger partial charge on any atom is 0.158 e. The van der Waals surface area contributed by atoms with E-state index >= 15 is 0 Å². The first-order chi connectivity index (χ1) is 11.9. The van der Waals surface area contributed by atoms with Crippen molar-refractivity contribution in [2.45, 2.75) is 51.4 Å². The Hall–Kier alpha value is -2.36. The van der Waals surface area contributed by atoms with E-state index in [0.717, 1.165) is 30.8 Å². The van der Waals surface area contributed by atoms with Crippen LogP contribution in [0.25, 0.3) is 0 Å². The van der Waals surface area contributed by atoms with Gasteiger partial charge in [0, 0.05) is 43.1 Å². The third-order valence-corrected chi connectivity index (χ3v) is 4.80. The second kappa shape index (κ2) is 7.26. The number of carbonyl (C=O) groups excluding carboxylic acids is 1. The smallest absolute Gasteiger partial charge is 0.158 e. The molecule has 2 N–H and O–H groups in total. The predicted octanol–water partition coefficient (Wildman–Crippen LogP) is 3.87. The molecule has 1 aliphatic carbocycles. The van der Waals surface area contributed by atoms with E-state index in [4.69, 9.17) is 0 Å². The number of carbonyl (C=O) groups is 1. The molecule has 4 nitrogen and oxygen atoms in total. The molecule has 0 bridgehead atoms. The van der Waals surface area contributed by atoms with Crippen LogP contribution < -0.4 is 5.32 Å². The first-order valence-electron chi connectivity index (χ1n) is 8.97. The Bertz CT molecular complexity index is 736. The zero-order valence-corrected chi connectivity index (χ0v) is 15.3. The fourth-order valence-electron chi connectivity index (χ4n) is 3.29. The second-order valence-electron chi connectivity index (χ2n) is 7.87. The highest BCUT2D eigenvalue weighted by Crippen LogP contribution is 2.32. The van der Waals surface area contributed by atoms with Crippen molar-refractivity contribution in [2.75, 3.05) is 6.54 Å². The van der Waals surface area contributed by atoms with Gasteiger partial charge in [-0.1, -0.05) is 45.0 Å². The number of aromatic nitrogens is 2. The molecule has 25 heavy (non-hydrogen) atoms. The van der Waals surface area contributed by atoms with Crippen LogP contribution in [0.2, 0.25) is 0 Å². The summed E-state index contributed by atoms with van der Waals surface area (Å²) in [6, 6.07) is 8.77. The van der Waals surface area contributed by atoms with Gasteiger partial charge in [0.25, 0.3) is 0 Å². The maximum atomic E-state index is 12.1. The summed E-state index contributed by atoms with van der Waals surface area (Å²) in [5.74, 6) is 0.473. The van der Waals surface area contributed by atoms with Crippen LogP contribution >= 0.6 is 0 Å². The standard InChI is InChI=1S/C21H27N3O/c1-21(2,3)17-6-4-15(5-7-17)16-10-19(12-20(25)11-16)23-9-8-18-13-22-14-24-18/h4-7,12-14,16,23H,8-11H2,1-3H3,(H,22,24). The van der Waals surface area contributed by atoms with Gasteiger partial charge in [0.2, 0.25) is 0 Å². The Balaban J connectivity index is 1.62. The van der Waals surface area contributed by atoms with Gasteiger partial charge in [0.05, 0.1) is 6.33 Å². The lowest BCUT2D eigenvalue weighted by atomic mass is 9.82. The van der Waals surface area contributed by atoms with E-state index < -0.39 is 0 Å². The van der Waals surface area contributed by atoms with Crippen molar-refractivity contribution in [3.63, 3.8) is 0 Å². The number of hydrogen-bond donors (Lipinski definition) is 2. The van der Waals surface area contributed by atoms with Gasteiger partial charge in [-0.15, -0.1) is 0 Å². The molecule has 0 fully saturated rings. The zero-order valence-electron chi connectivity index (χ0n) is 15.3. The summed E-state index contributed by atoms with van der Waals surface area (Å²) in [4.78, 5) is 19.3. The molecule has 0 saturated heterocycles. The highest BCUT2D eigenvalue weighted by Gasteiger charge is 2.23. The Morgan fingerprint density at radius 1 is 1.20 bits per heavy atom. The molecule has 0 radical (unpaired) electrons. The van der Waals surface area contributed by atoms with Gasteiger partial charge in [-0.25, -0.2) is 4.98 Å². The number of hydrogen-bond acceptors (Lipinski definition) is 3. The number of H-pyrrole nitrogens is 1. The normalized spacial score (nSPS) is 18.1. The van der Waals surface area contributed by atoms with E-state index in [-0.39, 0.29) is 17.1 Å². The van der Waals surface area contributed by atoms with Crippen molar-refractivity contribution in [3.8, 4) is 0 Å². The molecule has 2 aromatic rings. The monoisotopic (exact) mass is 337 g/mol. The van der Waals surface area contributed by atoms with Crippen LogP contribution in [-0.4, -0.2) is 22.3 Å². The van der Waals surface area contributed by atoms with Gasteiger partial charge in [0.1, 0.15) is 0 Å². The van der Waals surface area contributed by atoms with E-state index in [1.165, 1.54) is 11.1 Å². The molecular formula is C21H27N3O. The fourth-order valence-corrected chi connectivity index (χ4v) is 3.29. The van der Waals surface area contributed by atoms with E-state index in [1.54, 1.807) is 12.4 Å². The van der Waals surface area contributed by atoms with Gasteiger partial charge in [-0.3, -0.25) is 4.79 Å². The van der Waals surface area contributed by atoms with Crippen LogP contribution in [0.15, 0.2) is 48.6 Å². The number of imidazole rings is 1. The van der Waals surface area contributed by atoms with Crippen molar-refractivity contribution < 1.29 is 4.79 Å². The van der Waals surface area contributed by atoms with Crippen molar-refractivity contribution >= 4 is 5.78 Å². The molecule has 1 aliphatic rings. The fraction of sp³-hybridized carbons (Fsp3) is 0.429. The van der Waals surface area contributed by atoms with Crippen LogP contribution in [0.4, 0.5) is 0 Å². The van der Waals surface area contributed by atoms with Crippen LogP contribution in [-0.2, 0) is 16.6 Å². The molecule has 132 valence electrons. The first-order valence-corrected chi connectivity index (χ1v) is 8.97. The van der Waals surface area contributed by atoms with E-state index in [9.17, 15) is 4.79 Å². The zero-order chi connectivity index (χ0) is 17.9. The topological polar surface area (TPSA) is 57.8 Å². The van der Waals surface area contributed by atoms with Gasteiger partial charge in [-0.2, -0.15) is 0 Å². The van der Waals surface area contributed by atoms with Crippen LogP contribution in [0.5, 0.6) is 0 Å². The Morgan fingerprint density at radius 2 is 1.96 bits per heavy atom. The van der Waals surface area contributed by atoms with Crippen molar-refractivity contribution in [3.05, 3.63) is 65.4 Å². The van der Waals surface area contributed by atoms with Gasteiger partial charge in [-0.05, 0) is 28.9 Å².